The maximum absolute atomic E-state index is 12.8. The van der Waals surface area contributed by atoms with Crippen molar-refractivity contribution in [2.45, 2.75) is 25.2 Å². The second-order valence-corrected chi connectivity index (χ2v) is 7.02. The van der Waals surface area contributed by atoms with Gasteiger partial charge in [-0.1, -0.05) is 0 Å². The first-order chi connectivity index (χ1) is 14.2. The summed E-state index contributed by atoms with van der Waals surface area (Å²) in [5, 5.41) is 5.83. The van der Waals surface area contributed by atoms with Gasteiger partial charge in [0.15, 0.2) is 11.5 Å². The lowest BCUT2D eigenvalue weighted by atomic mass is 10.2. The Morgan fingerprint density at radius 3 is 2.62 bits per heavy atom. The van der Waals surface area contributed by atoms with E-state index in [1.807, 2.05) is 0 Å². The maximum Gasteiger partial charge on any atom is 0.273 e. The fraction of sp³-hybridized carbons (Fsp3) is 0.474. The molecule has 0 radical (unpaired) electrons. The number of hydrogen-bond donors (Lipinski definition) is 2. The highest BCUT2D eigenvalue weighted by atomic mass is 16.5. The summed E-state index contributed by atoms with van der Waals surface area (Å²) in [5.41, 5.74) is 1.63. The number of anilines is 2. The number of carbonyl (C=O) groups excluding carboxylic acids is 2. The van der Waals surface area contributed by atoms with Crippen LogP contribution < -0.4 is 10.6 Å². The van der Waals surface area contributed by atoms with Gasteiger partial charge in [0.1, 0.15) is 6.33 Å². The monoisotopic (exact) mass is 397 g/mol. The quantitative estimate of drug-likeness (QED) is 0.706. The van der Waals surface area contributed by atoms with E-state index in [-0.39, 0.29) is 30.5 Å². The molecule has 2 N–H and O–H groups in total. The van der Waals surface area contributed by atoms with Gasteiger partial charge < -0.3 is 20.3 Å². The molecule has 0 unspecified atom stereocenters. The molecule has 1 saturated carbocycles. The van der Waals surface area contributed by atoms with Crippen molar-refractivity contribution in [1.29, 1.82) is 0 Å². The molecule has 10 heteroatoms. The van der Waals surface area contributed by atoms with Crippen molar-refractivity contribution in [1.82, 2.24) is 30.2 Å². The molecule has 3 heterocycles. The van der Waals surface area contributed by atoms with E-state index in [2.05, 4.69) is 30.6 Å². The average Bonchev–Trinajstić information content (AvgIpc) is 3.61. The van der Waals surface area contributed by atoms with E-state index in [0.29, 0.717) is 43.7 Å². The fourth-order valence-corrected chi connectivity index (χ4v) is 3.07. The van der Waals surface area contributed by atoms with Gasteiger partial charge in [-0.2, -0.15) is 0 Å². The van der Waals surface area contributed by atoms with Gasteiger partial charge in [0, 0.05) is 32.0 Å². The van der Waals surface area contributed by atoms with Crippen LogP contribution in [0.15, 0.2) is 24.9 Å². The number of nitrogens with zero attached hydrogens (tertiary/aromatic N) is 5. The molecule has 2 aromatic heterocycles. The van der Waals surface area contributed by atoms with Gasteiger partial charge in [-0.05, 0) is 12.8 Å². The zero-order chi connectivity index (χ0) is 20.1. The zero-order valence-corrected chi connectivity index (χ0v) is 16.0. The number of carbonyl (C=O) groups is 2. The topological polar surface area (TPSA) is 122 Å². The molecule has 0 bridgehead atoms. The Hall–Kier alpha value is -3.14. The van der Waals surface area contributed by atoms with Crippen LogP contribution in [0.4, 0.5) is 11.5 Å². The molecule has 4 rings (SSSR count). The molecule has 1 aliphatic heterocycles. The molecule has 0 aromatic carbocycles. The van der Waals surface area contributed by atoms with Crippen molar-refractivity contribution in [2.24, 2.45) is 0 Å². The summed E-state index contributed by atoms with van der Waals surface area (Å²) in [4.78, 5) is 43.6. The van der Waals surface area contributed by atoms with E-state index in [4.69, 9.17) is 4.74 Å². The van der Waals surface area contributed by atoms with Gasteiger partial charge in [-0.15, -0.1) is 0 Å². The molecule has 29 heavy (non-hydrogen) atoms. The lowest BCUT2D eigenvalue weighted by molar-refractivity contribution is -0.135. The molecular weight excluding hydrogens is 374 g/mol. The average molecular weight is 397 g/mol. The van der Waals surface area contributed by atoms with E-state index < -0.39 is 0 Å². The smallest absolute Gasteiger partial charge is 0.273 e. The van der Waals surface area contributed by atoms with Crippen LogP contribution in [0.25, 0.3) is 0 Å². The summed E-state index contributed by atoms with van der Waals surface area (Å²) in [6.45, 7) is 2.53. The van der Waals surface area contributed by atoms with Crippen molar-refractivity contribution in [3.05, 3.63) is 36.3 Å². The number of ether oxygens (including phenoxy) is 1. The van der Waals surface area contributed by atoms with Crippen molar-refractivity contribution in [3.63, 3.8) is 0 Å². The highest BCUT2D eigenvalue weighted by molar-refractivity contribution is 5.97. The summed E-state index contributed by atoms with van der Waals surface area (Å²) in [7, 11) is 0. The minimum atomic E-state index is -0.367. The number of morpholine rings is 1. The molecule has 10 nitrogen and oxygen atoms in total. The third-order valence-electron chi connectivity index (χ3n) is 4.81. The van der Waals surface area contributed by atoms with E-state index in [9.17, 15) is 9.59 Å². The van der Waals surface area contributed by atoms with Gasteiger partial charge in [0.05, 0.1) is 43.2 Å². The molecule has 152 valence electrons. The molecule has 2 amide bonds. The van der Waals surface area contributed by atoms with Gasteiger partial charge in [-0.3, -0.25) is 9.59 Å². The first-order valence-corrected chi connectivity index (χ1v) is 9.73. The Morgan fingerprint density at radius 2 is 1.90 bits per heavy atom. The number of aromatic nitrogens is 4. The van der Waals surface area contributed by atoms with Gasteiger partial charge >= 0.3 is 0 Å². The number of hydrogen-bond acceptors (Lipinski definition) is 8. The number of rotatable bonds is 7. The Labute approximate surface area is 168 Å². The zero-order valence-electron chi connectivity index (χ0n) is 16.0. The third-order valence-corrected chi connectivity index (χ3v) is 4.81. The van der Waals surface area contributed by atoms with Crippen LogP contribution in [-0.2, 0) is 9.53 Å². The van der Waals surface area contributed by atoms with E-state index in [1.165, 1.54) is 6.33 Å². The molecule has 0 atom stereocenters. The SMILES string of the molecule is O=C(NCCC(=O)N1CCOCC1)c1nc(C2CC2)cnc1Nc1cncnc1. The highest BCUT2D eigenvalue weighted by Gasteiger charge is 2.27. The first kappa shape index (κ1) is 19.2. The second-order valence-electron chi connectivity index (χ2n) is 7.02. The van der Waals surface area contributed by atoms with Crippen LogP contribution in [0.5, 0.6) is 0 Å². The Bertz CT molecular complexity index is 867. The van der Waals surface area contributed by atoms with Crippen molar-refractivity contribution in [2.75, 3.05) is 38.2 Å². The number of nitrogens with one attached hydrogen (secondary N) is 2. The van der Waals surface area contributed by atoms with Gasteiger partial charge in [-0.25, -0.2) is 19.9 Å². The van der Waals surface area contributed by atoms with Crippen LogP contribution in [0.1, 0.15) is 41.4 Å². The fourth-order valence-electron chi connectivity index (χ4n) is 3.07. The Balaban J connectivity index is 1.41. The summed E-state index contributed by atoms with van der Waals surface area (Å²) >= 11 is 0. The van der Waals surface area contributed by atoms with Crippen LogP contribution in [-0.4, -0.2) is 69.5 Å². The predicted octanol–water partition coefficient (Wildman–Crippen LogP) is 0.866. The maximum atomic E-state index is 12.8. The lowest BCUT2D eigenvalue weighted by Crippen LogP contribution is -2.42. The van der Waals surface area contributed by atoms with Crippen LogP contribution in [0.3, 0.4) is 0 Å². The summed E-state index contributed by atoms with van der Waals surface area (Å²) < 4.78 is 5.25. The van der Waals surface area contributed by atoms with Crippen molar-refractivity contribution in [3.8, 4) is 0 Å². The minimum absolute atomic E-state index is 0.00574. The third kappa shape index (κ3) is 5.02. The molecule has 1 aliphatic carbocycles. The van der Waals surface area contributed by atoms with E-state index >= 15 is 0 Å². The number of amides is 2. The predicted molar refractivity (Wildman–Crippen MR) is 104 cm³/mol. The van der Waals surface area contributed by atoms with Crippen LogP contribution in [0.2, 0.25) is 0 Å². The largest absolute Gasteiger partial charge is 0.378 e. The first-order valence-electron chi connectivity index (χ1n) is 9.73. The Morgan fingerprint density at radius 1 is 1.14 bits per heavy atom. The van der Waals surface area contributed by atoms with Crippen LogP contribution in [0, 0.1) is 0 Å². The standard InChI is InChI=1S/C19H23N7O3/c27-16(26-5-7-29-8-6-26)3-4-22-19(28)17-18(24-14-9-20-12-21-10-14)23-11-15(25-17)13-1-2-13/h9-13H,1-8H2,(H,22,28)(H,23,24). The summed E-state index contributed by atoms with van der Waals surface area (Å²) in [6, 6.07) is 0. The van der Waals surface area contributed by atoms with Crippen LogP contribution >= 0.6 is 0 Å². The van der Waals surface area contributed by atoms with Gasteiger partial charge in [0.25, 0.3) is 5.91 Å². The van der Waals surface area contributed by atoms with Gasteiger partial charge in [0.2, 0.25) is 5.91 Å². The molecule has 1 saturated heterocycles. The lowest BCUT2D eigenvalue weighted by Gasteiger charge is -2.26. The van der Waals surface area contributed by atoms with E-state index in [0.717, 1.165) is 18.5 Å². The Kier molecular flexibility index (Phi) is 5.89. The summed E-state index contributed by atoms with van der Waals surface area (Å²) in [6.07, 6.45) is 8.65. The molecule has 2 aliphatic rings. The molecule has 2 aromatic rings. The molecule has 2 fully saturated rings. The molecular formula is C19H23N7O3. The highest BCUT2D eigenvalue weighted by Crippen LogP contribution is 2.39. The normalized spacial score (nSPS) is 16.3. The van der Waals surface area contributed by atoms with Crippen molar-refractivity contribution >= 4 is 23.3 Å². The minimum Gasteiger partial charge on any atom is -0.378 e. The van der Waals surface area contributed by atoms with Crippen molar-refractivity contribution < 1.29 is 14.3 Å². The van der Waals surface area contributed by atoms with E-state index in [1.54, 1.807) is 23.5 Å². The molecule has 0 spiro atoms. The summed E-state index contributed by atoms with van der Waals surface area (Å²) in [5.74, 6) is 0.340. The second kappa shape index (κ2) is 8.91.